The van der Waals surface area contributed by atoms with Crippen LogP contribution in [0.4, 0.5) is 5.69 Å². The van der Waals surface area contributed by atoms with E-state index >= 15 is 0 Å². The number of hydrogen-bond acceptors (Lipinski definition) is 4. The van der Waals surface area contributed by atoms with Crippen molar-refractivity contribution >= 4 is 16.9 Å². The lowest BCUT2D eigenvalue weighted by atomic mass is 10.1. The first kappa shape index (κ1) is 18.9. The summed E-state index contributed by atoms with van der Waals surface area (Å²) in [4.78, 5) is 31.8. The van der Waals surface area contributed by atoms with Gasteiger partial charge in [0.2, 0.25) is 0 Å². The van der Waals surface area contributed by atoms with Gasteiger partial charge in [-0.1, -0.05) is 31.5 Å². The van der Waals surface area contributed by atoms with Crippen molar-refractivity contribution in [2.24, 2.45) is 0 Å². The van der Waals surface area contributed by atoms with E-state index in [-0.39, 0.29) is 5.56 Å². The maximum atomic E-state index is 12.5. The molecule has 7 nitrogen and oxygen atoms in total. The van der Waals surface area contributed by atoms with Gasteiger partial charge in [-0.15, -0.1) is 0 Å². The number of aromatic amines is 1. The van der Waals surface area contributed by atoms with Crippen molar-refractivity contribution in [2.45, 2.75) is 60.2 Å². The molecule has 144 valence electrons. The van der Waals surface area contributed by atoms with Gasteiger partial charge in [0.1, 0.15) is 5.82 Å². The van der Waals surface area contributed by atoms with Crippen molar-refractivity contribution in [1.29, 1.82) is 0 Å². The van der Waals surface area contributed by atoms with E-state index in [1.807, 2.05) is 17.6 Å². The molecule has 0 atom stereocenters. The third-order valence-corrected chi connectivity index (χ3v) is 4.92. The molecule has 7 heteroatoms. The largest absolute Gasteiger partial charge is 0.377 e. The maximum absolute atomic E-state index is 12.5. The molecule has 0 amide bonds. The monoisotopic (exact) mass is 369 g/mol. The number of para-hydroxylation sites is 1. The average molecular weight is 369 g/mol. The summed E-state index contributed by atoms with van der Waals surface area (Å²) in [6, 6.07) is 6.15. The van der Waals surface area contributed by atoms with E-state index in [2.05, 4.69) is 48.2 Å². The molecule has 0 spiro atoms. The van der Waals surface area contributed by atoms with Gasteiger partial charge < -0.3 is 9.88 Å². The van der Waals surface area contributed by atoms with Crippen molar-refractivity contribution in [3.8, 4) is 0 Å². The fraction of sp³-hybridized carbons (Fsp3) is 0.450. The van der Waals surface area contributed by atoms with Gasteiger partial charge in [0, 0.05) is 18.8 Å². The van der Waals surface area contributed by atoms with Gasteiger partial charge in [-0.3, -0.25) is 14.3 Å². The van der Waals surface area contributed by atoms with E-state index in [1.165, 1.54) is 0 Å². The van der Waals surface area contributed by atoms with Gasteiger partial charge in [-0.2, -0.15) is 0 Å². The van der Waals surface area contributed by atoms with Gasteiger partial charge in [-0.25, -0.2) is 9.78 Å². The Morgan fingerprint density at radius 3 is 2.44 bits per heavy atom. The van der Waals surface area contributed by atoms with Gasteiger partial charge in [0.25, 0.3) is 5.56 Å². The molecule has 2 aromatic heterocycles. The molecule has 0 saturated heterocycles. The van der Waals surface area contributed by atoms with Gasteiger partial charge in [0.05, 0.1) is 6.54 Å². The molecule has 2 heterocycles. The smallest absolute Gasteiger partial charge is 0.330 e. The molecule has 0 unspecified atom stereocenters. The second-order valence-corrected chi connectivity index (χ2v) is 6.83. The predicted molar refractivity (Wildman–Crippen MR) is 108 cm³/mol. The Balaban J connectivity index is 2.07. The normalized spacial score (nSPS) is 11.3. The summed E-state index contributed by atoms with van der Waals surface area (Å²) in [7, 11) is 0. The van der Waals surface area contributed by atoms with Crippen molar-refractivity contribution in [3.05, 3.63) is 56.0 Å². The number of aryl methyl sites for hydroxylation is 4. The zero-order valence-corrected chi connectivity index (χ0v) is 16.4. The summed E-state index contributed by atoms with van der Waals surface area (Å²) in [6.07, 6.45) is 1.82. The summed E-state index contributed by atoms with van der Waals surface area (Å²) in [5.74, 6) is 0.747. The minimum Gasteiger partial charge on any atom is -0.377 e. The third-order valence-electron chi connectivity index (χ3n) is 4.92. The first-order valence-corrected chi connectivity index (χ1v) is 9.50. The van der Waals surface area contributed by atoms with Crippen LogP contribution in [0.25, 0.3) is 11.2 Å². The minimum absolute atomic E-state index is 0.379. The molecule has 0 fully saturated rings. The van der Waals surface area contributed by atoms with Crippen LogP contribution in [0.3, 0.4) is 0 Å². The van der Waals surface area contributed by atoms with Gasteiger partial charge in [-0.05, 0) is 38.3 Å². The number of unbranched alkanes of at least 4 members (excludes halogenated alkanes) is 1. The molecular weight excluding hydrogens is 342 g/mol. The molecule has 0 aliphatic carbocycles. The van der Waals surface area contributed by atoms with Crippen molar-refractivity contribution < 1.29 is 0 Å². The summed E-state index contributed by atoms with van der Waals surface area (Å²) in [6.45, 7) is 9.80. The first-order chi connectivity index (χ1) is 13.0. The van der Waals surface area contributed by atoms with Crippen LogP contribution < -0.4 is 16.6 Å². The van der Waals surface area contributed by atoms with Crippen LogP contribution in [0.1, 0.15) is 43.6 Å². The summed E-state index contributed by atoms with van der Waals surface area (Å²) in [5.41, 5.74) is 3.55. The number of aromatic nitrogens is 4. The van der Waals surface area contributed by atoms with Crippen LogP contribution >= 0.6 is 0 Å². The van der Waals surface area contributed by atoms with Gasteiger partial charge >= 0.3 is 5.69 Å². The topological polar surface area (TPSA) is 84.7 Å². The van der Waals surface area contributed by atoms with E-state index in [1.54, 1.807) is 4.57 Å². The summed E-state index contributed by atoms with van der Waals surface area (Å²) >= 11 is 0. The number of hydrogen-bond donors (Lipinski definition) is 2. The first-order valence-electron chi connectivity index (χ1n) is 9.50. The van der Waals surface area contributed by atoms with E-state index in [0.717, 1.165) is 35.5 Å². The summed E-state index contributed by atoms with van der Waals surface area (Å²) < 4.78 is 3.46. The van der Waals surface area contributed by atoms with Crippen LogP contribution in [-0.2, 0) is 19.6 Å². The quantitative estimate of drug-likeness (QED) is 0.671. The van der Waals surface area contributed by atoms with Crippen LogP contribution in [0.2, 0.25) is 0 Å². The zero-order valence-electron chi connectivity index (χ0n) is 16.4. The standard InChI is InChI=1S/C20H27N5O2/c1-5-7-11-25-18-17(19(26)23-20(25)27)24(6-2)15(22-18)12-21-16-13(3)9-8-10-14(16)4/h8-10,21H,5-7,11-12H2,1-4H3,(H,23,26,27). The molecule has 0 saturated carbocycles. The van der Waals surface area contributed by atoms with Crippen LogP contribution in [0.5, 0.6) is 0 Å². The fourth-order valence-corrected chi connectivity index (χ4v) is 3.48. The van der Waals surface area contributed by atoms with Crippen LogP contribution in [0.15, 0.2) is 27.8 Å². The maximum Gasteiger partial charge on any atom is 0.330 e. The molecule has 0 aliphatic rings. The predicted octanol–water partition coefficient (Wildman–Crippen LogP) is 2.94. The number of anilines is 1. The van der Waals surface area contributed by atoms with E-state index in [9.17, 15) is 9.59 Å². The van der Waals surface area contributed by atoms with E-state index in [4.69, 9.17) is 0 Å². The number of nitrogens with zero attached hydrogens (tertiary/aromatic N) is 3. The highest BCUT2D eigenvalue weighted by molar-refractivity contribution is 5.71. The number of rotatable bonds is 7. The van der Waals surface area contributed by atoms with Crippen molar-refractivity contribution in [2.75, 3.05) is 5.32 Å². The third kappa shape index (κ3) is 3.54. The SMILES string of the molecule is CCCCn1c(=O)[nH]c(=O)c2c1nc(CNc1c(C)cccc1C)n2CC. The lowest BCUT2D eigenvalue weighted by Crippen LogP contribution is -2.31. The number of benzene rings is 1. The molecule has 3 aromatic rings. The second-order valence-electron chi connectivity index (χ2n) is 6.83. The highest BCUT2D eigenvalue weighted by atomic mass is 16.2. The number of imidazole rings is 1. The van der Waals surface area contributed by atoms with E-state index < -0.39 is 5.69 Å². The van der Waals surface area contributed by atoms with E-state index in [0.29, 0.717) is 30.8 Å². The minimum atomic E-state index is -0.393. The van der Waals surface area contributed by atoms with Crippen molar-refractivity contribution in [1.82, 2.24) is 19.1 Å². The Hall–Kier alpha value is -2.83. The molecule has 1 aromatic carbocycles. The van der Waals surface area contributed by atoms with Gasteiger partial charge in [0.15, 0.2) is 11.2 Å². The highest BCUT2D eigenvalue weighted by Gasteiger charge is 2.17. The molecule has 0 bridgehead atoms. The lowest BCUT2D eigenvalue weighted by Gasteiger charge is -2.13. The Morgan fingerprint density at radius 1 is 1.11 bits per heavy atom. The second kappa shape index (κ2) is 7.82. The molecule has 0 radical (unpaired) electrons. The fourth-order valence-electron chi connectivity index (χ4n) is 3.48. The van der Waals surface area contributed by atoms with Crippen LogP contribution in [-0.4, -0.2) is 19.1 Å². The molecule has 27 heavy (non-hydrogen) atoms. The Labute approximate surface area is 158 Å². The highest BCUT2D eigenvalue weighted by Crippen LogP contribution is 2.21. The van der Waals surface area contributed by atoms with Crippen molar-refractivity contribution in [3.63, 3.8) is 0 Å². The Morgan fingerprint density at radius 2 is 1.81 bits per heavy atom. The zero-order chi connectivity index (χ0) is 19.6. The van der Waals surface area contributed by atoms with Crippen LogP contribution in [0, 0.1) is 13.8 Å². The molecule has 3 rings (SSSR count). The molecular formula is C20H27N5O2. The Bertz CT molecular complexity index is 1050. The number of nitrogens with one attached hydrogen (secondary N) is 2. The summed E-state index contributed by atoms with van der Waals surface area (Å²) in [5, 5.41) is 3.45. The average Bonchev–Trinajstić information content (AvgIpc) is 3.00. The Kier molecular flexibility index (Phi) is 5.48. The number of fused-ring (bicyclic) bond motifs is 1. The molecule has 0 aliphatic heterocycles. The molecule has 2 N–H and O–H groups in total. The lowest BCUT2D eigenvalue weighted by molar-refractivity contribution is 0.613. The number of H-pyrrole nitrogens is 1.